The van der Waals surface area contributed by atoms with Crippen molar-refractivity contribution in [3.8, 4) is 0 Å². The van der Waals surface area contributed by atoms with E-state index in [0.717, 1.165) is 37.7 Å². The van der Waals surface area contributed by atoms with Gasteiger partial charge in [-0.2, -0.15) is 4.31 Å². The minimum absolute atomic E-state index is 0.0265. The number of benzene rings is 2. The van der Waals surface area contributed by atoms with E-state index >= 15 is 0 Å². The Balaban J connectivity index is 1.78. The molecule has 1 amide bonds. The molecule has 1 aliphatic rings. The van der Waals surface area contributed by atoms with Crippen LogP contribution in [-0.4, -0.2) is 43.7 Å². The molecule has 156 valence electrons. The van der Waals surface area contributed by atoms with Crippen LogP contribution >= 0.6 is 11.6 Å². The maximum Gasteiger partial charge on any atom is 0.253 e. The van der Waals surface area contributed by atoms with Crippen molar-refractivity contribution in [1.29, 1.82) is 0 Å². The fourth-order valence-electron chi connectivity index (χ4n) is 3.80. The smallest absolute Gasteiger partial charge is 0.253 e. The van der Waals surface area contributed by atoms with Gasteiger partial charge in [-0.15, -0.1) is 0 Å². The predicted molar refractivity (Wildman–Crippen MR) is 116 cm³/mol. The van der Waals surface area contributed by atoms with Gasteiger partial charge in [0.05, 0.1) is 4.90 Å². The summed E-state index contributed by atoms with van der Waals surface area (Å²) < 4.78 is 27.7. The van der Waals surface area contributed by atoms with Crippen molar-refractivity contribution in [2.45, 2.75) is 49.6 Å². The number of sulfonamides is 1. The monoisotopic (exact) mass is 434 g/mol. The van der Waals surface area contributed by atoms with Crippen LogP contribution < -0.4 is 0 Å². The maximum atomic E-state index is 13.1. The van der Waals surface area contributed by atoms with E-state index in [1.165, 1.54) is 10.4 Å². The highest BCUT2D eigenvalue weighted by Crippen LogP contribution is 2.27. The summed E-state index contributed by atoms with van der Waals surface area (Å²) in [6, 6.07) is 13.7. The second-order valence-electron chi connectivity index (χ2n) is 7.63. The van der Waals surface area contributed by atoms with E-state index in [4.69, 9.17) is 11.6 Å². The molecule has 1 fully saturated rings. The zero-order valence-corrected chi connectivity index (χ0v) is 18.4. The number of amides is 1. The summed E-state index contributed by atoms with van der Waals surface area (Å²) in [5.41, 5.74) is 1.27. The Labute approximate surface area is 178 Å². The molecule has 0 aromatic heterocycles. The topological polar surface area (TPSA) is 57.7 Å². The van der Waals surface area contributed by atoms with E-state index in [2.05, 4.69) is 0 Å². The molecule has 0 bridgehead atoms. The lowest BCUT2D eigenvalue weighted by molar-refractivity contribution is 0.0785. The van der Waals surface area contributed by atoms with Crippen molar-refractivity contribution in [2.24, 2.45) is 0 Å². The quantitative estimate of drug-likeness (QED) is 0.669. The van der Waals surface area contributed by atoms with Gasteiger partial charge in [-0.1, -0.05) is 49.1 Å². The fourth-order valence-corrected chi connectivity index (χ4v) is 5.47. The third kappa shape index (κ3) is 5.18. The van der Waals surface area contributed by atoms with Gasteiger partial charge in [0.2, 0.25) is 10.0 Å². The van der Waals surface area contributed by atoms with Crippen molar-refractivity contribution in [1.82, 2.24) is 9.21 Å². The van der Waals surface area contributed by atoms with E-state index in [1.807, 2.05) is 18.2 Å². The summed E-state index contributed by atoms with van der Waals surface area (Å²) in [5.74, 6) is -0.234. The molecular weight excluding hydrogens is 408 g/mol. The van der Waals surface area contributed by atoms with E-state index in [-0.39, 0.29) is 16.8 Å². The number of carbonyl (C=O) groups excluding carboxylic acids is 1. The highest BCUT2D eigenvalue weighted by Gasteiger charge is 2.29. The molecule has 2 aromatic carbocycles. The summed E-state index contributed by atoms with van der Waals surface area (Å²) in [6.45, 7) is 0.387. The van der Waals surface area contributed by atoms with Gasteiger partial charge in [0.25, 0.3) is 5.91 Å². The normalized spacial score (nSPS) is 15.4. The standard InChI is InChI=1S/C22H27ClN2O3S/c1-24(16-17-8-6-10-19(23)14-17)22(26)18-9-7-13-21(15-18)29(27,28)25(2)20-11-4-3-5-12-20/h6-10,13-15,20H,3-5,11-12,16H2,1-2H3. The van der Waals surface area contributed by atoms with Crippen LogP contribution in [0.4, 0.5) is 0 Å². The van der Waals surface area contributed by atoms with Crippen LogP contribution in [0.25, 0.3) is 0 Å². The molecule has 1 aliphatic carbocycles. The summed E-state index contributed by atoms with van der Waals surface area (Å²) in [6.07, 6.45) is 5.04. The molecule has 5 nitrogen and oxygen atoms in total. The minimum Gasteiger partial charge on any atom is -0.337 e. The first kappa shape index (κ1) is 21.8. The van der Waals surface area contributed by atoms with E-state index in [1.54, 1.807) is 43.3 Å². The first-order chi connectivity index (χ1) is 13.8. The SMILES string of the molecule is CN(Cc1cccc(Cl)c1)C(=O)c1cccc(S(=O)(=O)N(C)C2CCCCC2)c1. The molecular formula is C22H27ClN2O3S. The van der Waals surface area contributed by atoms with Crippen LogP contribution in [-0.2, 0) is 16.6 Å². The molecule has 7 heteroatoms. The van der Waals surface area contributed by atoms with Crippen LogP contribution in [0, 0.1) is 0 Å². The molecule has 0 radical (unpaired) electrons. The third-order valence-electron chi connectivity index (χ3n) is 5.50. The largest absolute Gasteiger partial charge is 0.337 e. The first-order valence-corrected chi connectivity index (χ1v) is 11.7. The van der Waals surface area contributed by atoms with E-state index in [9.17, 15) is 13.2 Å². The van der Waals surface area contributed by atoms with Crippen LogP contribution in [0.3, 0.4) is 0 Å². The second kappa shape index (κ2) is 9.28. The minimum atomic E-state index is -3.64. The summed E-state index contributed by atoms with van der Waals surface area (Å²) in [5, 5.41) is 0.613. The molecule has 2 aromatic rings. The Morgan fingerprint density at radius 3 is 2.41 bits per heavy atom. The molecule has 0 atom stereocenters. The summed E-state index contributed by atoms with van der Waals surface area (Å²) >= 11 is 6.01. The van der Waals surface area contributed by atoms with Crippen LogP contribution in [0.15, 0.2) is 53.4 Å². The average Bonchev–Trinajstić information content (AvgIpc) is 2.73. The Morgan fingerprint density at radius 1 is 1.03 bits per heavy atom. The second-order valence-corrected chi connectivity index (χ2v) is 10.1. The number of halogens is 1. The Morgan fingerprint density at radius 2 is 1.72 bits per heavy atom. The van der Waals surface area contributed by atoms with Gasteiger partial charge < -0.3 is 4.90 Å². The van der Waals surface area contributed by atoms with Gasteiger partial charge in [-0.25, -0.2) is 8.42 Å². The summed E-state index contributed by atoms with van der Waals surface area (Å²) in [7, 11) is -0.303. The molecule has 29 heavy (non-hydrogen) atoms. The molecule has 0 spiro atoms. The lowest BCUT2D eigenvalue weighted by Gasteiger charge is -2.30. The van der Waals surface area contributed by atoms with Crippen molar-refractivity contribution in [3.05, 3.63) is 64.7 Å². The lowest BCUT2D eigenvalue weighted by Crippen LogP contribution is -2.38. The third-order valence-corrected chi connectivity index (χ3v) is 7.64. The van der Waals surface area contributed by atoms with E-state index < -0.39 is 10.0 Å². The van der Waals surface area contributed by atoms with Crippen LogP contribution in [0.2, 0.25) is 5.02 Å². The van der Waals surface area contributed by atoms with Crippen molar-refractivity contribution in [2.75, 3.05) is 14.1 Å². The Hall–Kier alpha value is -1.89. The zero-order chi connectivity index (χ0) is 21.0. The van der Waals surface area contributed by atoms with Gasteiger partial charge in [0, 0.05) is 37.3 Å². The highest BCUT2D eigenvalue weighted by molar-refractivity contribution is 7.89. The number of nitrogens with zero attached hydrogens (tertiary/aromatic N) is 2. The zero-order valence-electron chi connectivity index (χ0n) is 16.8. The van der Waals surface area contributed by atoms with Gasteiger partial charge in [-0.3, -0.25) is 4.79 Å². The number of rotatable bonds is 6. The molecule has 0 unspecified atom stereocenters. The lowest BCUT2D eigenvalue weighted by atomic mass is 9.96. The first-order valence-electron chi connectivity index (χ1n) is 9.87. The Bertz CT molecular complexity index is 972. The van der Waals surface area contributed by atoms with E-state index in [0.29, 0.717) is 17.1 Å². The molecule has 0 saturated heterocycles. The highest BCUT2D eigenvalue weighted by atomic mass is 35.5. The van der Waals surface area contributed by atoms with Crippen LogP contribution in [0.1, 0.15) is 48.0 Å². The fraction of sp³-hybridized carbons (Fsp3) is 0.409. The number of hydrogen-bond acceptors (Lipinski definition) is 3. The number of hydrogen-bond donors (Lipinski definition) is 0. The van der Waals surface area contributed by atoms with Crippen molar-refractivity contribution >= 4 is 27.5 Å². The molecule has 0 aliphatic heterocycles. The number of carbonyl (C=O) groups is 1. The Kier molecular flexibility index (Phi) is 6.98. The van der Waals surface area contributed by atoms with Gasteiger partial charge >= 0.3 is 0 Å². The molecule has 0 N–H and O–H groups in total. The predicted octanol–water partition coefficient (Wildman–Crippen LogP) is 4.57. The molecule has 3 rings (SSSR count). The van der Waals surface area contributed by atoms with Gasteiger partial charge in [0.1, 0.15) is 0 Å². The molecule has 1 saturated carbocycles. The summed E-state index contributed by atoms with van der Waals surface area (Å²) in [4.78, 5) is 14.6. The maximum absolute atomic E-state index is 13.1. The van der Waals surface area contributed by atoms with Crippen LogP contribution in [0.5, 0.6) is 0 Å². The van der Waals surface area contributed by atoms with Gasteiger partial charge in [0.15, 0.2) is 0 Å². The van der Waals surface area contributed by atoms with Crippen molar-refractivity contribution < 1.29 is 13.2 Å². The van der Waals surface area contributed by atoms with Gasteiger partial charge in [-0.05, 0) is 48.7 Å². The van der Waals surface area contributed by atoms with Crippen molar-refractivity contribution in [3.63, 3.8) is 0 Å². The molecule has 0 heterocycles. The average molecular weight is 435 g/mol.